The smallest absolute Gasteiger partial charge is 0.333 e. The first-order chi connectivity index (χ1) is 14.5. The maximum atomic E-state index is 11.6. The number of nitrogens with one attached hydrogen (secondary N) is 2. The fourth-order valence-corrected chi connectivity index (χ4v) is 2.93. The lowest BCUT2D eigenvalue weighted by molar-refractivity contribution is 0.252. The third-order valence-electron chi connectivity index (χ3n) is 4.51. The standard InChI is InChI=1S/C23H22N4O3/c1-15-5-3-8-21(26-23(28)27-25)20(15)14-29-22-10-9-19(11-16(22)2)30-18-7-4-6-17(12-18)13-24/h3-12H,14,25H2,1-2H3,(H2,26,27,28). The summed E-state index contributed by atoms with van der Waals surface area (Å²) in [5, 5.41) is 11.7. The quantitative estimate of drug-likeness (QED) is 0.318. The van der Waals surface area contributed by atoms with E-state index in [1.807, 2.05) is 38.1 Å². The number of hydrazine groups is 1. The summed E-state index contributed by atoms with van der Waals surface area (Å²) in [4.78, 5) is 11.6. The molecule has 3 aromatic rings. The largest absolute Gasteiger partial charge is 0.489 e. The topological polar surface area (TPSA) is 109 Å². The Morgan fingerprint density at radius 1 is 1.03 bits per heavy atom. The summed E-state index contributed by atoms with van der Waals surface area (Å²) in [5.74, 6) is 7.10. The van der Waals surface area contributed by atoms with Gasteiger partial charge in [0.05, 0.1) is 11.6 Å². The molecule has 152 valence electrons. The van der Waals surface area contributed by atoms with Gasteiger partial charge in [0, 0.05) is 11.3 Å². The van der Waals surface area contributed by atoms with Crippen LogP contribution in [0.3, 0.4) is 0 Å². The van der Waals surface area contributed by atoms with Crippen LogP contribution in [0.2, 0.25) is 0 Å². The third-order valence-corrected chi connectivity index (χ3v) is 4.51. The van der Waals surface area contributed by atoms with Crippen LogP contribution in [0, 0.1) is 25.2 Å². The summed E-state index contributed by atoms with van der Waals surface area (Å²) in [7, 11) is 0. The summed E-state index contributed by atoms with van der Waals surface area (Å²) < 4.78 is 11.8. The second-order valence-electron chi connectivity index (χ2n) is 6.66. The summed E-state index contributed by atoms with van der Waals surface area (Å²) in [6, 6.07) is 19.7. The van der Waals surface area contributed by atoms with Crippen LogP contribution < -0.4 is 26.1 Å². The van der Waals surface area contributed by atoms with Gasteiger partial charge in [0.1, 0.15) is 23.9 Å². The Hall–Kier alpha value is -4.02. The number of benzene rings is 3. The first-order valence-corrected chi connectivity index (χ1v) is 9.27. The molecule has 0 aliphatic rings. The van der Waals surface area contributed by atoms with Crippen molar-refractivity contribution in [2.75, 3.05) is 5.32 Å². The molecule has 0 radical (unpaired) electrons. The molecule has 4 N–H and O–H groups in total. The minimum absolute atomic E-state index is 0.276. The van der Waals surface area contributed by atoms with Crippen molar-refractivity contribution in [2.24, 2.45) is 5.84 Å². The van der Waals surface area contributed by atoms with Crippen LogP contribution >= 0.6 is 0 Å². The molecule has 7 nitrogen and oxygen atoms in total. The van der Waals surface area contributed by atoms with Gasteiger partial charge in [-0.3, -0.25) is 5.43 Å². The summed E-state index contributed by atoms with van der Waals surface area (Å²) in [6.07, 6.45) is 0. The van der Waals surface area contributed by atoms with E-state index < -0.39 is 6.03 Å². The van der Waals surface area contributed by atoms with Crippen molar-refractivity contribution >= 4 is 11.7 Å². The van der Waals surface area contributed by atoms with Crippen LogP contribution in [0.4, 0.5) is 10.5 Å². The fraction of sp³-hybridized carbons (Fsp3) is 0.130. The van der Waals surface area contributed by atoms with Gasteiger partial charge in [-0.2, -0.15) is 5.26 Å². The van der Waals surface area contributed by atoms with Gasteiger partial charge < -0.3 is 14.8 Å². The number of carbonyl (C=O) groups is 1. The van der Waals surface area contributed by atoms with Gasteiger partial charge in [-0.05, 0) is 67.4 Å². The van der Waals surface area contributed by atoms with Crippen LogP contribution in [-0.4, -0.2) is 6.03 Å². The van der Waals surface area contributed by atoms with Crippen molar-refractivity contribution in [1.29, 1.82) is 5.26 Å². The highest BCUT2D eigenvalue weighted by Gasteiger charge is 2.11. The monoisotopic (exact) mass is 402 g/mol. The number of nitrogens with zero attached hydrogens (tertiary/aromatic N) is 1. The van der Waals surface area contributed by atoms with E-state index in [-0.39, 0.29) is 6.61 Å². The molecule has 0 fully saturated rings. The molecule has 0 aliphatic heterocycles. The molecule has 0 saturated heterocycles. The number of urea groups is 1. The number of carbonyl (C=O) groups excluding carboxylic acids is 1. The lowest BCUT2D eigenvalue weighted by Crippen LogP contribution is -2.34. The van der Waals surface area contributed by atoms with Crippen LogP contribution in [0.5, 0.6) is 17.2 Å². The SMILES string of the molecule is Cc1cc(Oc2cccc(C#N)c2)ccc1OCc1c(C)cccc1NC(=O)NN. The predicted molar refractivity (Wildman–Crippen MR) is 114 cm³/mol. The summed E-state index contributed by atoms with van der Waals surface area (Å²) >= 11 is 0. The van der Waals surface area contributed by atoms with E-state index in [4.69, 9.17) is 20.6 Å². The van der Waals surface area contributed by atoms with Crippen molar-refractivity contribution in [2.45, 2.75) is 20.5 Å². The van der Waals surface area contributed by atoms with E-state index >= 15 is 0 Å². The highest BCUT2D eigenvalue weighted by atomic mass is 16.5. The number of hydrogen-bond donors (Lipinski definition) is 3. The molecule has 3 aromatic carbocycles. The van der Waals surface area contributed by atoms with E-state index in [2.05, 4.69) is 16.8 Å². The summed E-state index contributed by atoms with van der Waals surface area (Å²) in [6.45, 7) is 4.15. The highest BCUT2D eigenvalue weighted by Crippen LogP contribution is 2.29. The first kappa shape index (κ1) is 20.7. The van der Waals surface area contributed by atoms with Crippen LogP contribution in [0.25, 0.3) is 0 Å². The van der Waals surface area contributed by atoms with Crippen LogP contribution in [0.1, 0.15) is 22.3 Å². The minimum Gasteiger partial charge on any atom is -0.489 e. The number of anilines is 1. The molecule has 0 aromatic heterocycles. The number of nitrogens with two attached hydrogens (primary N) is 1. The Labute approximate surface area is 175 Å². The van der Waals surface area contributed by atoms with Crippen molar-refractivity contribution in [3.63, 3.8) is 0 Å². The molecule has 0 atom stereocenters. The molecular formula is C23H22N4O3. The number of aryl methyl sites for hydroxylation is 2. The Morgan fingerprint density at radius 3 is 2.53 bits per heavy atom. The number of rotatable bonds is 6. The van der Waals surface area contributed by atoms with Gasteiger partial charge >= 0.3 is 6.03 Å². The van der Waals surface area contributed by atoms with Gasteiger partial charge in [-0.15, -0.1) is 0 Å². The molecule has 7 heteroatoms. The number of hydrogen-bond acceptors (Lipinski definition) is 5. The van der Waals surface area contributed by atoms with Gasteiger partial charge in [0.25, 0.3) is 0 Å². The normalized spacial score (nSPS) is 10.1. The molecule has 0 saturated carbocycles. The van der Waals surface area contributed by atoms with Crippen molar-refractivity contribution in [3.05, 3.63) is 82.9 Å². The third kappa shape index (κ3) is 5.07. The second-order valence-corrected chi connectivity index (χ2v) is 6.66. The van der Waals surface area contributed by atoms with E-state index in [1.54, 1.807) is 36.4 Å². The zero-order valence-corrected chi connectivity index (χ0v) is 16.7. The molecule has 0 bridgehead atoms. The van der Waals surface area contributed by atoms with E-state index in [0.29, 0.717) is 28.5 Å². The average Bonchev–Trinajstić information content (AvgIpc) is 2.74. The van der Waals surface area contributed by atoms with E-state index in [0.717, 1.165) is 16.7 Å². The fourth-order valence-electron chi connectivity index (χ4n) is 2.93. The Kier molecular flexibility index (Phi) is 6.53. The molecule has 3 rings (SSSR count). The predicted octanol–water partition coefficient (Wildman–Crippen LogP) is 4.54. The summed E-state index contributed by atoms with van der Waals surface area (Å²) in [5.41, 5.74) is 5.96. The Bertz CT molecular complexity index is 1110. The highest BCUT2D eigenvalue weighted by molar-refractivity contribution is 5.89. The molecule has 0 unspecified atom stereocenters. The van der Waals surface area contributed by atoms with Crippen molar-refractivity contribution in [3.8, 4) is 23.3 Å². The molecule has 30 heavy (non-hydrogen) atoms. The Morgan fingerprint density at radius 2 is 1.80 bits per heavy atom. The molecule has 0 aliphatic carbocycles. The maximum Gasteiger partial charge on any atom is 0.333 e. The van der Waals surface area contributed by atoms with Crippen LogP contribution in [-0.2, 0) is 6.61 Å². The lowest BCUT2D eigenvalue weighted by Gasteiger charge is -2.16. The van der Waals surface area contributed by atoms with Crippen molar-refractivity contribution < 1.29 is 14.3 Å². The molecule has 0 spiro atoms. The minimum atomic E-state index is -0.500. The Balaban J connectivity index is 1.73. The average molecular weight is 402 g/mol. The second kappa shape index (κ2) is 9.45. The maximum absolute atomic E-state index is 11.6. The molecule has 2 amide bonds. The number of nitriles is 1. The molecule has 0 heterocycles. The zero-order chi connectivity index (χ0) is 21.5. The van der Waals surface area contributed by atoms with Gasteiger partial charge in [-0.1, -0.05) is 18.2 Å². The molecular weight excluding hydrogens is 380 g/mol. The first-order valence-electron chi connectivity index (χ1n) is 9.27. The number of ether oxygens (including phenoxy) is 2. The van der Waals surface area contributed by atoms with E-state index in [9.17, 15) is 4.79 Å². The van der Waals surface area contributed by atoms with Crippen LogP contribution in [0.15, 0.2) is 60.7 Å². The lowest BCUT2D eigenvalue weighted by atomic mass is 10.1. The van der Waals surface area contributed by atoms with E-state index in [1.165, 1.54) is 0 Å². The van der Waals surface area contributed by atoms with Crippen molar-refractivity contribution in [1.82, 2.24) is 5.43 Å². The zero-order valence-electron chi connectivity index (χ0n) is 16.7. The van der Waals surface area contributed by atoms with Gasteiger partial charge in [0.2, 0.25) is 0 Å². The van der Waals surface area contributed by atoms with Gasteiger partial charge in [0.15, 0.2) is 0 Å². The number of amides is 2. The van der Waals surface area contributed by atoms with Gasteiger partial charge in [-0.25, -0.2) is 10.6 Å².